The smallest absolute Gasteiger partial charge is 0.297 e. The summed E-state index contributed by atoms with van der Waals surface area (Å²) in [6, 6.07) is 5.92. The predicted octanol–water partition coefficient (Wildman–Crippen LogP) is 1.82. The van der Waals surface area contributed by atoms with Gasteiger partial charge in [-0.05, 0) is 53.5 Å². The minimum Gasteiger partial charge on any atom is -0.398 e. The lowest BCUT2D eigenvalue weighted by Gasteiger charge is -2.20. The number of hydrogen-bond acceptors (Lipinski definition) is 9. The van der Waals surface area contributed by atoms with Crippen LogP contribution >= 0.6 is 0 Å². The van der Waals surface area contributed by atoms with E-state index in [2.05, 4.69) is 0 Å². The molecule has 0 aliphatic heterocycles. The number of anilines is 2. The summed E-state index contributed by atoms with van der Waals surface area (Å²) in [6.07, 6.45) is 3.07. The molecule has 3 rings (SSSR count). The van der Waals surface area contributed by atoms with Crippen molar-refractivity contribution in [2.75, 3.05) is 11.5 Å². The Balaban J connectivity index is 2.59. The molecule has 0 fully saturated rings. The van der Waals surface area contributed by atoms with Gasteiger partial charge in [-0.25, -0.2) is 0 Å². The maximum Gasteiger partial charge on any atom is 0.297 e. The molecule has 35 heavy (non-hydrogen) atoms. The van der Waals surface area contributed by atoms with Gasteiger partial charge >= 0.3 is 0 Å². The van der Waals surface area contributed by atoms with Crippen LogP contribution in [0.4, 0.5) is 11.4 Å². The molecule has 2 aromatic rings. The molecule has 0 unspecified atom stereocenters. The summed E-state index contributed by atoms with van der Waals surface area (Å²) in [4.78, 5) is -2.30. The zero-order chi connectivity index (χ0) is 26.5. The van der Waals surface area contributed by atoms with E-state index in [0.29, 0.717) is 0 Å². The van der Waals surface area contributed by atoms with Crippen LogP contribution < -0.4 is 11.5 Å². The van der Waals surface area contributed by atoms with Gasteiger partial charge in [0.2, 0.25) is 0 Å². The Hall–Kier alpha value is -3.34. The zero-order valence-corrected chi connectivity index (χ0v) is 20.2. The SMILES string of the molecule is Cc1ccc(/C(=C2\C=CC(=N)C(S(=O)(=O)O)=C2)c2ccc(N)c(S(=O)(=O)O)c2)c(S(=O)(=O)O)c1N. The van der Waals surface area contributed by atoms with Crippen molar-refractivity contribution in [3.05, 3.63) is 75.7 Å². The van der Waals surface area contributed by atoms with Gasteiger partial charge in [0.15, 0.2) is 0 Å². The third-order valence-corrected chi connectivity index (χ3v) is 7.83. The molecule has 2 aromatic carbocycles. The molecule has 15 heteroatoms. The van der Waals surface area contributed by atoms with Gasteiger partial charge in [0.05, 0.1) is 17.1 Å². The number of nitrogen functional groups attached to an aromatic ring is 2. The lowest BCUT2D eigenvalue weighted by Crippen LogP contribution is -2.14. The van der Waals surface area contributed by atoms with Gasteiger partial charge in [0.25, 0.3) is 30.4 Å². The summed E-state index contributed by atoms with van der Waals surface area (Å²) in [6.45, 7) is 1.47. The first-order valence-corrected chi connectivity index (χ1v) is 13.7. The van der Waals surface area contributed by atoms with E-state index < -0.39 is 50.8 Å². The summed E-state index contributed by atoms with van der Waals surface area (Å²) in [7, 11) is -14.7. The van der Waals surface area contributed by atoms with Gasteiger partial charge in [-0.1, -0.05) is 24.3 Å². The van der Waals surface area contributed by atoms with Crippen LogP contribution in [0.25, 0.3) is 5.57 Å². The Morgan fingerprint density at radius 1 is 0.857 bits per heavy atom. The van der Waals surface area contributed by atoms with Crippen molar-refractivity contribution >= 4 is 53.0 Å². The number of hydrogen-bond donors (Lipinski definition) is 6. The van der Waals surface area contributed by atoms with Crippen LogP contribution in [0.1, 0.15) is 16.7 Å². The first kappa shape index (κ1) is 26.3. The van der Waals surface area contributed by atoms with Crippen LogP contribution in [0.3, 0.4) is 0 Å². The lowest BCUT2D eigenvalue weighted by atomic mass is 9.89. The Labute approximate surface area is 201 Å². The van der Waals surface area contributed by atoms with Crippen LogP contribution in [-0.2, 0) is 30.4 Å². The lowest BCUT2D eigenvalue weighted by molar-refractivity contribution is 0.481. The van der Waals surface area contributed by atoms with Gasteiger partial charge in [-0.3, -0.25) is 19.1 Å². The molecule has 0 spiro atoms. The van der Waals surface area contributed by atoms with E-state index in [1.165, 1.54) is 31.2 Å². The molecule has 0 atom stereocenters. The third kappa shape index (κ3) is 5.19. The van der Waals surface area contributed by atoms with E-state index in [9.17, 15) is 38.9 Å². The molecule has 0 bridgehead atoms. The molecule has 0 aromatic heterocycles. The van der Waals surface area contributed by atoms with Gasteiger partial charge in [0.1, 0.15) is 14.7 Å². The largest absolute Gasteiger partial charge is 0.398 e. The molecule has 0 saturated carbocycles. The number of allylic oxidation sites excluding steroid dienone is 5. The quantitative estimate of drug-likeness (QED) is 0.235. The van der Waals surface area contributed by atoms with Crippen LogP contribution in [0.5, 0.6) is 0 Å². The maximum absolute atomic E-state index is 12.3. The van der Waals surface area contributed by atoms with Gasteiger partial charge in [-0.15, -0.1) is 0 Å². The number of aryl methyl sites for hydroxylation is 1. The topological polar surface area (TPSA) is 239 Å². The molecule has 1 aliphatic carbocycles. The fourth-order valence-corrected chi connectivity index (χ4v) is 5.61. The van der Waals surface area contributed by atoms with E-state index in [4.69, 9.17) is 16.9 Å². The van der Waals surface area contributed by atoms with Crippen LogP contribution in [0.2, 0.25) is 0 Å². The highest BCUT2D eigenvalue weighted by Crippen LogP contribution is 2.39. The number of rotatable bonds is 5. The van der Waals surface area contributed by atoms with Crippen molar-refractivity contribution in [3.8, 4) is 0 Å². The zero-order valence-electron chi connectivity index (χ0n) is 17.8. The Morgan fingerprint density at radius 2 is 1.49 bits per heavy atom. The average molecular weight is 542 g/mol. The van der Waals surface area contributed by atoms with Crippen LogP contribution in [-0.4, -0.2) is 44.6 Å². The van der Waals surface area contributed by atoms with Gasteiger partial charge in [-0.2, -0.15) is 25.3 Å². The Bertz CT molecular complexity index is 1700. The maximum atomic E-state index is 12.3. The third-order valence-electron chi connectivity index (χ3n) is 5.07. The second-order valence-electron chi connectivity index (χ2n) is 7.44. The summed E-state index contributed by atoms with van der Waals surface area (Å²) >= 11 is 0. The van der Waals surface area contributed by atoms with Crippen molar-refractivity contribution in [2.45, 2.75) is 16.7 Å². The monoisotopic (exact) mass is 541 g/mol. The minimum atomic E-state index is -4.98. The number of nitrogens with two attached hydrogens (primary N) is 2. The summed E-state index contributed by atoms with van der Waals surface area (Å²) in [5.41, 5.74) is 10.00. The normalized spacial score (nSPS) is 16.2. The highest BCUT2D eigenvalue weighted by Gasteiger charge is 2.28. The molecule has 0 saturated heterocycles. The highest BCUT2D eigenvalue weighted by atomic mass is 32.2. The minimum absolute atomic E-state index is 0.0843. The molecular weight excluding hydrogens is 522 g/mol. The Kier molecular flexibility index (Phi) is 6.53. The van der Waals surface area contributed by atoms with Crippen LogP contribution in [0.15, 0.2) is 68.8 Å². The van der Waals surface area contributed by atoms with E-state index in [1.54, 1.807) is 0 Å². The number of nitrogens with one attached hydrogen (secondary N) is 1. The van der Waals surface area contributed by atoms with Crippen molar-refractivity contribution in [1.29, 1.82) is 5.41 Å². The van der Waals surface area contributed by atoms with Crippen LogP contribution in [0, 0.1) is 12.3 Å². The molecule has 0 amide bonds. The van der Waals surface area contributed by atoms with Crippen molar-refractivity contribution < 1.29 is 38.9 Å². The second-order valence-corrected chi connectivity index (χ2v) is 11.6. The Morgan fingerprint density at radius 3 is 2.03 bits per heavy atom. The molecule has 1 aliphatic rings. The van der Waals surface area contributed by atoms with E-state index >= 15 is 0 Å². The van der Waals surface area contributed by atoms with Crippen molar-refractivity contribution in [3.63, 3.8) is 0 Å². The van der Waals surface area contributed by atoms with Gasteiger partial charge in [0, 0.05) is 5.56 Å². The first-order valence-electron chi connectivity index (χ1n) is 9.37. The van der Waals surface area contributed by atoms with Crippen molar-refractivity contribution in [2.24, 2.45) is 0 Å². The fourth-order valence-electron chi connectivity index (χ4n) is 3.45. The molecular formula is C20H19N3O9S3. The van der Waals surface area contributed by atoms with E-state index in [0.717, 1.165) is 24.3 Å². The summed E-state index contributed by atoms with van der Waals surface area (Å²) in [5.74, 6) is 0. The fraction of sp³-hybridized carbons (Fsp3) is 0.0500. The molecule has 0 heterocycles. The molecule has 0 radical (unpaired) electrons. The molecule has 8 N–H and O–H groups in total. The molecule has 186 valence electrons. The second kappa shape index (κ2) is 8.71. The standard InChI is InChI=1S/C20H19N3O9S3/c1-10-2-5-13(20(19(10)23)35(30,31)32)18(11-3-6-14(21)16(8-11)33(24,25)26)12-4-7-15(22)17(9-12)34(27,28)29/h2-9,21H,22-23H2,1H3,(H,24,25,26)(H,27,28,29)(H,30,31,32)/b18-11+,21-14?. The first-order chi connectivity index (χ1) is 15.9. The molecule has 12 nitrogen and oxygen atoms in total. The average Bonchev–Trinajstić information content (AvgIpc) is 2.70. The highest BCUT2D eigenvalue weighted by molar-refractivity contribution is 7.91. The predicted molar refractivity (Wildman–Crippen MR) is 129 cm³/mol. The summed E-state index contributed by atoms with van der Waals surface area (Å²) < 4.78 is 101. The van der Waals surface area contributed by atoms with Gasteiger partial charge < -0.3 is 11.5 Å². The van der Waals surface area contributed by atoms with E-state index in [-0.39, 0.29) is 39.2 Å². The van der Waals surface area contributed by atoms with E-state index in [1.807, 2.05) is 0 Å². The summed E-state index contributed by atoms with van der Waals surface area (Å²) in [5, 5.41) is 7.79. The van der Waals surface area contributed by atoms with Crippen molar-refractivity contribution in [1.82, 2.24) is 0 Å². The number of benzene rings is 2.